The van der Waals surface area contributed by atoms with Gasteiger partial charge in [0.2, 0.25) is 0 Å². The molecular weight excluding hydrogens is 146 g/mol. The van der Waals surface area contributed by atoms with Gasteiger partial charge < -0.3 is 10.5 Å². The number of carbonyl (C=O) groups excluding carboxylic acids is 1. The van der Waals surface area contributed by atoms with Crippen molar-refractivity contribution in [2.45, 2.75) is 6.04 Å². The maximum Gasteiger partial charge on any atom is 0.266 e. The second-order valence-corrected chi connectivity index (χ2v) is 3.05. The van der Waals surface area contributed by atoms with E-state index in [-0.39, 0.29) is 6.29 Å². The number of hydrogen-bond donors (Lipinski definition) is 2. The van der Waals surface area contributed by atoms with Crippen LogP contribution < -0.4 is 5.73 Å². The zero-order valence-corrected chi connectivity index (χ0v) is 5.34. The normalized spacial score (nSPS) is 14.9. The van der Waals surface area contributed by atoms with E-state index in [0.29, 0.717) is 0 Å². The first-order valence-corrected chi connectivity index (χ1v) is 3.72. The molecule has 0 heterocycles. The van der Waals surface area contributed by atoms with Crippen molar-refractivity contribution in [3.8, 4) is 0 Å². The zero-order valence-electron chi connectivity index (χ0n) is 4.52. The third-order valence-corrected chi connectivity index (χ3v) is 1.38. The lowest BCUT2D eigenvalue weighted by molar-refractivity contribution is -0.108. The molecule has 0 aliphatic heterocycles. The number of carbonyl (C=O) groups is 1. The van der Waals surface area contributed by atoms with E-state index in [1.165, 1.54) is 0 Å². The summed E-state index contributed by atoms with van der Waals surface area (Å²) >= 11 is 0. The predicted molar refractivity (Wildman–Crippen MR) is 30.5 cm³/mol. The molecule has 1 atom stereocenters. The molecule has 0 saturated carbocycles. The van der Waals surface area contributed by atoms with Gasteiger partial charge in [0, 0.05) is 0 Å². The molecule has 0 amide bonds. The number of hydrogen-bond acceptors (Lipinski definition) is 4. The van der Waals surface area contributed by atoms with Crippen molar-refractivity contribution in [1.29, 1.82) is 0 Å². The molecule has 0 rings (SSSR count). The van der Waals surface area contributed by atoms with Gasteiger partial charge >= 0.3 is 0 Å². The van der Waals surface area contributed by atoms with Crippen molar-refractivity contribution in [2.75, 3.05) is 5.75 Å². The second kappa shape index (κ2) is 2.90. The number of rotatable bonds is 3. The van der Waals surface area contributed by atoms with Crippen LogP contribution in [0.5, 0.6) is 0 Å². The molecule has 9 heavy (non-hydrogen) atoms. The van der Waals surface area contributed by atoms with Crippen molar-refractivity contribution < 1.29 is 17.8 Å². The molecule has 0 saturated heterocycles. The van der Waals surface area contributed by atoms with Crippen molar-refractivity contribution in [3.05, 3.63) is 0 Å². The Morgan fingerprint density at radius 1 is 1.67 bits per heavy atom. The van der Waals surface area contributed by atoms with Gasteiger partial charge in [-0.3, -0.25) is 4.55 Å². The fourth-order valence-electron chi connectivity index (χ4n) is 0.282. The van der Waals surface area contributed by atoms with E-state index in [1.54, 1.807) is 0 Å². The van der Waals surface area contributed by atoms with Crippen LogP contribution in [0.15, 0.2) is 0 Å². The van der Waals surface area contributed by atoms with Gasteiger partial charge in [-0.05, 0) is 0 Å². The van der Waals surface area contributed by atoms with Crippen LogP contribution in [0.1, 0.15) is 0 Å². The molecule has 0 aromatic heterocycles. The summed E-state index contributed by atoms with van der Waals surface area (Å²) in [6.07, 6.45) is 0.258. The van der Waals surface area contributed by atoms with Crippen LogP contribution >= 0.6 is 0 Å². The Labute approximate surface area is 52.6 Å². The molecule has 54 valence electrons. The fraction of sp³-hybridized carbons (Fsp3) is 0.667. The SMILES string of the molecule is NC(C=O)CS(=O)(=O)O. The van der Waals surface area contributed by atoms with Gasteiger partial charge in [0.15, 0.2) is 0 Å². The van der Waals surface area contributed by atoms with E-state index in [1.807, 2.05) is 0 Å². The van der Waals surface area contributed by atoms with Crippen LogP contribution in [-0.2, 0) is 14.9 Å². The van der Waals surface area contributed by atoms with Crippen molar-refractivity contribution in [2.24, 2.45) is 5.73 Å². The summed E-state index contributed by atoms with van der Waals surface area (Å²) in [5, 5.41) is 0. The maximum atomic E-state index is 9.92. The Morgan fingerprint density at radius 3 is 2.22 bits per heavy atom. The van der Waals surface area contributed by atoms with Crippen LogP contribution in [0.2, 0.25) is 0 Å². The zero-order chi connectivity index (χ0) is 7.49. The van der Waals surface area contributed by atoms with Crippen molar-refractivity contribution in [1.82, 2.24) is 0 Å². The summed E-state index contributed by atoms with van der Waals surface area (Å²) in [4.78, 5) is 9.68. The Balaban J connectivity index is 3.89. The predicted octanol–water partition coefficient (Wildman–Crippen LogP) is -1.60. The van der Waals surface area contributed by atoms with E-state index < -0.39 is 21.9 Å². The Hall–Kier alpha value is -0.460. The standard InChI is InChI=1S/C3H7NO4S/c4-3(1-5)2-9(6,7)8/h1,3H,2,4H2,(H,6,7,8). The number of nitrogens with two attached hydrogens (primary N) is 1. The van der Waals surface area contributed by atoms with E-state index >= 15 is 0 Å². The van der Waals surface area contributed by atoms with Gasteiger partial charge in [-0.2, -0.15) is 8.42 Å². The largest absolute Gasteiger partial charge is 0.321 e. The minimum atomic E-state index is -4.09. The molecule has 6 heteroatoms. The second-order valence-electron chi connectivity index (χ2n) is 1.55. The average molecular weight is 153 g/mol. The van der Waals surface area contributed by atoms with Crippen LogP contribution in [0.3, 0.4) is 0 Å². The summed E-state index contributed by atoms with van der Waals surface area (Å²) < 4.78 is 27.9. The van der Waals surface area contributed by atoms with Crippen LogP contribution in [-0.4, -0.2) is 31.1 Å². The quantitative estimate of drug-likeness (QED) is 0.376. The lowest BCUT2D eigenvalue weighted by atomic mass is 10.4. The molecule has 0 aromatic carbocycles. The van der Waals surface area contributed by atoms with E-state index in [9.17, 15) is 13.2 Å². The van der Waals surface area contributed by atoms with Gasteiger partial charge in [0.05, 0.1) is 11.8 Å². The fourth-order valence-corrected chi connectivity index (χ4v) is 0.847. The first kappa shape index (κ1) is 8.54. The first-order valence-electron chi connectivity index (χ1n) is 2.12. The monoisotopic (exact) mass is 153 g/mol. The van der Waals surface area contributed by atoms with Gasteiger partial charge in [0.1, 0.15) is 6.29 Å². The minimum absolute atomic E-state index is 0.258. The highest BCUT2D eigenvalue weighted by atomic mass is 32.2. The van der Waals surface area contributed by atoms with Gasteiger partial charge in [-0.15, -0.1) is 0 Å². The van der Waals surface area contributed by atoms with Crippen molar-refractivity contribution >= 4 is 16.4 Å². The first-order chi connectivity index (χ1) is 3.95. The highest BCUT2D eigenvalue weighted by Gasteiger charge is 2.10. The summed E-state index contributed by atoms with van der Waals surface area (Å²) in [7, 11) is -4.09. The smallest absolute Gasteiger partial charge is 0.266 e. The summed E-state index contributed by atoms with van der Waals surface area (Å²) in [5.74, 6) is -0.712. The summed E-state index contributed by atoms with van der Waals surface area (Å²) in [5.41, 5.74) is 4.85. The molecule has 0 aliphatic carbocycles. The van der Waals surface area contributed by atoms with E-state index in [4.69, 9.17) is 10.3 Å². The third-order valence-electron chi connectivity index (χ3n) is 0.578. The molecule has 1 unspecified atom stereocenters. The molecule has 0 radical (unpaired) electrons. The number of aldehydes is 1. The van der Waals surface area contributed by atoms with E-state index in [2.05, 4.69) is 0 Å². The maximum absolute atomic E-state index is 9.92. The summed E-state index contributed by atoms with van der Waals surface area (Å²) in [6.45, 7) is 0. The van der Waals surface area contributed by atoms with Gasteiger partial charge in [-0.25, -0.2) is 0 Å². The minimum Gasteiger partial charge on any atom is -0.321 e. The molecular formula is C3H7NO4S. The molecule has 0 bridgehead atoms. The average Bonchev–Trinajstić information content (AvgIpc) is 1.62. The highest BCUT2D eigenvalue weighted by molar-refractivity contribution is 7.85. The highest BCUT2D eigenvalue weighted by Crippen LogP contribution is 1.82. The Morgan fingerprint density at radius 2 is 2.11 bits per heavy atom. The van der Waals surface area contributed by atoms with Gasteiger partial charge in [-0.1, -0.05) is 0 Å². The molecule has 0 aliphatic rings. The topological polar surface area (TPSA) is 97.5 Å². The molecule has 3 N–H and O–H groups in total. The third kappa shape index (κ3) is 5.41. The molecule has 0 fully saturated rings. The molecule has 0 spiro atoms. The lowest BCUT2D eigenvalue weighted by Crippen LogP contribution is -2.30. The van der Waals surface area contributed by atoms with Gasteiger partial charge in [0.25, 0.3) is 10.1 Å². The van der Waals surface area contributed by atoms with Crippen LogP contribution in [0.25, 0.3) is 0 Å². The summed E-state index contributed by atoms with van der Waals surface area (Å²) in [6, 6.07) is -1.13. The van der Waals surface area contributed by atoms with Crippen LogP contribution in [0, 0.1) is 0 Å². The molecule has 0 aromatic rings. The Bertz CT molecular complexity index is 184. The lowest BCUT2D eigenvalue weighted by Gasteiger charge is -1.97. The van der Waals surface area contributed by atoms with E-state index in [0.717, 1.165) is 0 Å². The Kier molecular flexibility index (Phi) is 2.75. The molecule has 5 nitrogen and oxygen atoms in total. The van der Waals surface area contributed by atoms with Crippen molar-refractivity contribution in [3.63, 3.8) is 0 Å². The van der Waals surface area contributed by atoms with Crippen LogP contribution in [0.4, 0.5) is 0 Å².